The van der Waals surface area contributed by atoms with Crippen LogP contribution in [0.3, 0.4) is 0 Å². The Morgan fingerprint density at radius 3 is 2.91 bits per heavy atom. The fourth-order valence-corrected chi connectivity index (χ4v) is 4.49. The number of hydrogen-bond donors (Lipinski definition) is 3. The summed E-state index contributed by atoms with van der Waals surface area (Å²) in [5.74, 6) is -0.0869. The molecule has 1 amide bonds. The van der Waals surface area contributed by atoms with E-state index in [1.54, 1.807) is 18.3 Å². The van der Waals surface area contributed by atoms with Crippen LogP contribution in [0.15, 0.2) is 6.07 Å². The van der Waals surface area contributed by atoms with Crippen molar-refractivity contribution in [3.05, 3.63) is 16.5 Å². The summed E-state index contributed by atoms with van der Waals surface area (Å²) in [6.07, 6.45) is 5.85. The van der Waals surface area contributed by atoms with E-state index in [-0.39, 0.29) is 11.9 Å². The van der Waals surface area contributed by atoms with Gasteiger partial charge in [-0.2, -0.15) is 0 Å². The van der Waals surface area contributed by atoms with Crippen molar-refractivity contribution in [2.24, 2.45) is 0 Å². The zero-order valence-corrected chi connectivity index (χ0v) is 14.1. The highest BCUT2D eigenvalue weighted by Crippen LogP contribution is 2.42. The minimum absolute atomic E-state index is 0.0869. The number of anilines is 1. The van der Waals surface area contributed by atoms with Crippen molar-refractivity contribution in [2.75, 3.05) is 11.6 Å². The number of nitrogens with zero attached hydrogens (tertiary/aromatic N) is 1. The molecule has 2 heterocycles. The largest absolute Gasteiger partial charge is 0.392 e. The maximum atomic E-state index is 12.2. The van der Waals surface area contributed by atoms with Crippen molar-refractivity contribution >= 4 is 22.2 Å². The molecule has 22 heavy (non-hydrogen) atoms. The van der Waals surface area contributed by atoms with Gasteiger partial charge in [0.05, 0.1) is 17.0 Å². The maximum absolute atomic E-state index is 12.2. The zero-order chi connectivity index (χ0) is 15.7. The van der Waals surface area contributed by atoms with Crippen LogP contribution in [-0.4, -0.2) is 29.7 Å². The standard InChI is InChI=1S/C16H25N3O2S/c1-10(20)9-17-15(21)14-8-13-11(2)18-19(16(13)22-14)12-6-4-3-5-7-12/h8,10-12,18,20H,3-7,9H2,1-2H3,(H,17,21)/t10-,11?/m1/s1. The summed E-state index contributed by atoms with van der Waals surface area (Å²) in [7, 11) is 0. The monoisotopic (exact) mass is 323 g/mol. The van der Waals surface area contributed by atoms with Crippen molar-refractivity contribution in [1.29, 1.82) is 0 Å². The number of thiophene rings is 1. The van der Waals surface area contributed by atoms with Crippen molar-refractivity contribution < 1.29 is 9.90 Å². The highest BCUT2D eigenvalue weighted by atomic mass is 32.1. The number of fused-ring (bicyclic) bond motifs is 1. The van der Waals surface area contributed by atoms with Crippen LogP contribution in [0.25, 0.3) is 0 Å². The second-order valence-corrected chi connectivity index (χ2v) is 7.47. The Labute approximate surface area is 135 Å². The van der Waals surface area contributed by atoms with Gasteiger partial charge in [-0.25, -0.2) is 5.43 Å². The van der Waals surface area contributed by atoms with Crippen LogP contribution < -0.4 is 15.8 Å². The summed E-state index contributed by atoms with van der Waals surface area (Å²) in [6.45, 7) is 4.11. The molecule has 3 N–H and O–H groups in total. The molecule has 5 nitrogen and oxygen atoms in total. The number of rotatable bonds is 4. The summed E-state index contributed by atoms with van der Waals surface area (Å²) in [6, 6.07) is 2.80. The van der Waals surface area contributed by atoms with E-state index in [1.165, 1.54) is 42.7 Å². The zero-order valence-electron chi connectivity index (χ0n) is 13.3. The first-order chi connectivity index (χ1) is 10.6. The third kappa shape index (κ3) is 3.14. The Morgan fingerprint density at radius 2 is 2.23 bits per heavy atom. The van der Waals surface area contributed by atoms with Crippen molar-refractivity contribution in [3.8, 4) is 0 Å². The summed E-state index contributed by atoms with van der Waals surface area (Å²) in [5.41, 5.74) is 4.78. The summed E-state index contributed by atoms with van der Waals surface area (Å²) < 4.78 is 0. The predicted molar refractivity (Wildman–Crippen MR) is 89.2 cm³/mol. The van der Waals surface area contributed by atoms with Gasteiger partial charge in [0, 0.05) is 18.2 Å². The molecule has 2 aliphatic rings. The molecule has 3 rings (SSSR count). The van der Waals surface area contributed by atoms with Gasteiger partial charge in [-0.15, -0.1) is 11.3 Å². The van der Waals surface area contributed by atoms with Crippen LogP contribution in [-0.2, 0) is 0 Å². The average molecular weight is 323 g/mol. The molecule has 1 aromatic rings. The lowest BCUT2D eigenvalue weighted by molar-refractivity contribution is 0.0928. The second-order valence-electron chi connectivity index (χ2n) is 6.44. The Hall–Kier alpha value is -1.11. The number of carbonyl (C=O) groups excluding carboxylic acids is 1. The third-order valence-electron chi connectivity index (χ3n) is 4.48. The lowest BCUT2D eigenvalue weighted by atomic mass is 9.95. The maximum Gasteiger partial charge on any atom is 0.261 e. The lowest BCUT2D eigenvalue weighted by Gasteiger charge is -2.32. The van der Waals surface area contributed by atoms with E-state index in [1.807, 2.05) is 6.07 Å². The van der Waals surface area contributed by atoms with Gasteiger partial charge >= 0.3 is 0 Å². The second kappa shape index (κ2) is 6.56. The predicted octanol–water partition coefficient (Wildman–Crippen LogP) is 2.58. The SMILES string of the molecule is CC1NN(C2CCCCC2)c2sc(C(=O)NC[C@@H](C)O)cc21. The molecule has 1 aliphatic heterocycles. The molecular weight excluding hydrogens is 298 g/mol. The van der Waals surface area contributed by atoms with E-state index >= 15 is 0 Å². The Bertz CT molecular complexity index is 537. The van der Waals surface area contributed by atoms with Gasteiger partial charge in [-0.05, 0) is 32.8 Å². The number of carbonyl (C=O) groups is 1. The van der Waals surface area contributed by atoms with Crippen LogP contribution in [0.2, 0.25) is 0 Å². The van der Waals surface area contributed by atoms with Crippen molar-refractivity contribution in [2.45, 2.75) is 64.1 Å². The van der Waals surface area contributed by atoms with Crippen LogP contribution in [0.5, 0.6) is 0 Å². The molecule has 6 heteroatoms. The fraction of sp³-hybridized carbons (Fsp3) is 0.688. The molecular formula is C16H25N3O2S. The summed E-state index contributed by atoms with van der Waals surface area (Å²) >= 11 is 1.56. The quantitative estimate of drug-likeness (QED) is 0.797. The molecule has 1 saturated carbocycles. The number of hydrogen-bond acceptors (Lipinski definition) is 5. The van der Waals surface area contributed by atoms with E-state index in [9.17, 15) is 9.90 Å². The van der Waals surface area contributed by atoms with Gasteiger partial charge in [0.15, 0.2) is 0 Å². The third-order valence-corrected chi connectivity index (χ3v) is 5.63. The number of hydrazine groups is 1. The van der Waals surface area contributed by atoms with Crippen LogP contribution in [0.1, 0.15) is 67.2 Å². The molecule has 0 aromatic carbocycles. The van der Waals surface area contributed by atoms with E-state index in [2.05, 4.69) is 22.7 Å². The normalized spacial score (nSPS) is 23.4. The van der Waals surface area contributed by atoms with Gasteiger partial charge < -0.3 is 10.4 Å². The molecule has 0 bridgehead atoms. The molecule has 122 valence electrons. The molecule has 1 fully saturated rings. The minimum Gasteiger partial charge on any atom is -0.392 e. The van der Waals surface area contributed by atoms with E-state index in [0.717, 1.165) is 4.88 Å². The summed E-state index contributed by atoms with van der Waals surface area (Å²) in [4.78, 5) is 12.9. The Balaban J connectivity index is 1.75. The molecule has 1 unspecified atom stereocenters. The van der Waals surface area contributed by atoms with Crippen LogP contribution >= 0.6 is 11.3 Å². The first-order valence-electron chi connectivity index (χ1n) is 8.21. The van der Waals surface area contributed by atoms with Crippen molar-refractivity contribution in [1.82, 2.24) is 10.7 Å². The lowest BCUT2D eigenvalue weighted by Crippen LogP contribution is -2.43. The van der Waals surface area contributed by atoms with Crippen LogP contribution in [0.4, 0.5) is 5.00 Å². The number of nitrogens with one attached hydrogen (secondary N) is 2. The van der Waals surface area contributed by atoms with E-state index < -0.39 is 6.10 Å². The topological polar surface area (TPSA) is 64.6 Å². The Morgan fingerprint density at radius 1 is 1.50 bits per heavy atom. The first kappa shape index (κ1) is 15.8. The summed E-state index contributed by atoms with van der Waals surface area (Å²) in [5, 5.41) is 15.6. The number of aliphatic hydroxyl groups is 1. The minimum atomic E-state index is -0.518. The van der Waals surface area contributed by atoms with Crippen LogP contribution in [0, 0.1) is 0 Å². The molecule has 1 aliphatic carbocycles. The number of aliphatic hydroxyl groups excluding tert-OH is 1. The fourth-order valence-electron chi connectivity index (χ4n) is 3.28. The molecule has 0 spiro atoms. The van der Waals surface area contributed by atoms with Gasteiger partial charge in [0.1, 0.15) is 5.00 Å². The van der Waals surface area contributed by atoms with Gasteiger partial charge in [0.25, 0.3) is 5.91 Å². The smallest absolute Gasteiger partial charge is 0.261 e. The highest BCUT2D eigenvalue weighted by molar-refractivity contribution is 7.18. The molecule has 0 radical (unpaired) electrons. The first-order valence-corrected chi connectivity index (χ1v) is 9.03. The average Bonchev–Trinajstić information content (AvgIpc) is 3.07. The molecule has 2 atom stereocenters. The van der Waals surface area contributed by atoms with Gasteiger partial charge in [0.2, 0.25) is 0 Å². The van der Waals surface area contributed by atoms with E-state index in [4.69, 9.17) is 0 Å². The molecule has 0 saturated heterocycles. The van der Waals surface area contributed by atoms with Gasteiger partial charge in [-0.1, -0.05) is 19.3 Å². The Kier molecular flexibility index (Phi) is 4.70. The van der Waals surface area contributed by atoms with Crippen molar-refractivity contribution in [3.63, 3.8) is 0 Å². The van der Waals surface area contributed by atoms with Gasteiger partial charge in [-0.3, -0.25) is 9.80 Å². The van der Waals surface area contributed by atoms with E-state index in [0.29, 0.717) is 12.6 Å². The molecule has 1 aromatic heterocycles. The highest BCUT2D eigenvalue weighted by Gasteiger charge is 2.34. The number of amides is 1.